The van der Waals surface area contributed by atoms with Crippen LogP contribution in [0.1, 0.15) is 64.0 Å². The molecule has 4 aliphatic rings. The fourth-order valence-electron chi connectivity index (χ4n) is 6.70. The fraction of sp³-hybridized carbons (Fsp3) is 0.575. The molecule has 0 spiro atoms. The molecule has 2 heterocycles. The molecule has 4 N–H and O–H groups in total. The average Bonchev–Trinajstić information content (AvgIpc) is 4.07. The van der Waals surface area contributed by atoms with E-state index in [-0.39, 0.29) is 56.4 Å². The molecule has 2 fully saturated rings. The van der Waals surface area contributed by atoms with Crippen LogP contribution in [0.5, 0.6) is 11.5 Å². The van der Waals surface area contributed by atoms with E-state index in [1.165, 1.54) is 4.90 Å². The van der Waals surface area contributed by atoms with Gasteiger partial charge in [0, 0.05) is 26.5 Å². The van der Waals surface area contributed by atoms with Gasteiger partial charge in [-0.05, 0) is 86.3 Å². The Hall–Kier alpha value is -4.65. The second-order valence-electron chi connectivity index (χ2n) is 15.3. The fourth-order valence-corrected chi connectivity index (χ4v) is 6.70. The molecule has 4 atom stereocenters. The zero-order valence-corrected chi connectivity index (χ0v) is 31.6. The number of ether oxygens (including phenoxy) is 3. The van der Waals surface area contributed by atoms with Crippen molar-refractivity contribution >= 4 is 29.5 Å². The molecule has 2 aromatic rings. The van der Waals surface area contributed by atoms with Gasteiger partial charge in [-0.15, -0.1) is 0 Å². The largest absolute Gasteiger partial charge is 0.497 e. The lowest BCUT2D eigenvalue weighted by molar-refractivity contribution is -0.140. The van der Waals surface area contributed by atoms with Crippen molar-refractivity contribution in [1.82, 2.24) is 26.2 Å². The quantitative estimate of drug-likeness (QED) is 0.256. The summed E-state index contributed by atoms with van der Waals surface area (Å²) in [7, 11) is 3.10. The van der Waals surface area contributed by atoms with Gasteiger partial charge in [0.25, 0.3) is 0 Å². The molecular formula is C40H55N5O8. The van der Waals surface area contributed by atoms with Gasteiger partial charge in [-0.2, -0.15) is 0 Å². The average molecular weight is 734 g/mol. The second kappa shape index (κ2) is 17.9. The van der Waals surface area contributed by atoms with Crippen molar-refractivity contribution in [3.05, 3.63) is 59.7 Å². The van der Waals surface area contributed by atoms with Gasteiger partial charge >= 0.3 is 0 Å². The van der Waals surface area contributed by atoms with E-state index in [0.717, 1.165) is 24.0 Å². The van der Waals surface area contributed by atoms with Crippen LogP contribution < -0.4 is 30.7 Å². The van der Waals surface area contributed by atoms with Gasteiger partial charge in [0.1, 0.15) is 36.2 Å². The molecule has 288 valence electrons. The number of benzene rings is 2. The molecule has 2 aromatic carbocycles. The number of rotatable bonds is 11. The number of hydrogen-bond donors (Lipinski definition) is 4. The normalized spacial score (nSPS) is 24.1. The lowest BCUT2D eigenvalue weighted by atomic mass is 10.0. The summed E-state index contributed by atoms with van der Waals surface area (Å²) >= 11 is 0. The molecule has 0 radical (unpaired) electrons. The van der Waals surface area contributed by atoms with Gasteiger partial charge in [0.05, 0.1) is 31.7 Å². The van der Waals surface area contributed by atoms with Crippen molar-refractivity contribution in [1.29, 1.82) is 0 Å². The van der Waals surface area contributed by atoms with Gasteiger partial charge in [-0.25, -0.2) is 0 Å². The first kappa shape index (κ1) is 39.6. The van der Waals surface area contributed by atoms with E-state index in [4.69, 9.17) is 14.2 Å². The van der Waals surface area contributed by atoms with Crippen LogP contribution in [0.25, 0.3) is 0 Å². The molecular weight excluding hydrogens is 678 g/mol. The first-order valence-electron chi connectivity index (χ1n) is 18.7. The van der Waals surface area contributed by atoms with Gasteiger partial charge < -0.3 is 40.4 Å². The Bertz CT molecular complexity index is 1590. The Morgan fingerprint density at radius 1 is 0.962 bits per heavy atom. The van der Waals surface area contributed by atoms with Crippen molar-refractivity contribution in [3.63, 3.8) is 0 Å². The number of carbonyl (C=O) groups excluding carboxylic acids is 5. The predicted octanol–water partition coefficient (Wildman–Crippen LogP) is 2.54. The number of nitrogens with one attached hydrogen (secondary N) is 4. The van der Waals surface area contributed by atoms with Crippen molar-refractivity contribution in [2.45, 2.75) is 89.9 Å². The summed E-state index contributed by atoms with van der Waals surface area (Å²) in [5.74, 6) is -0.282. The molecule has 0 aromatic heterocycles. The van der Waals surface area contributed by atoms with Crippen LogP contribution >= 0.6 is 0 Å². The summed E-state index contributed by atoms with van der Waals surface area (Å²) in [5, 5.41) is 11.7. The second-order valence-corrected chi connectivity index (χ2v) is 15.3. The number of nitrogens with zero attached hydrogens (tertiary/aromatic N) is 1. The molecule has 53 heavy (non-hydrogen) atoms. The van der Waals surface area contributed by atoms with Crippen LogP contribution in [0.15, 0.2) is 48.5 Å². The zero-order valence-electron chi connectivity index (χ0n) is 31.6. The highest BCUT2D eigenvalue weighted by molar-refractivity contribution is 5.96. The monoisotopic (exact) mass is 733 g/mol. The van der Waals surface area contributed by atoms with E-state index in [0.29, 0.717) is 43.2 Å². The Labute approximate surface area is 312 Å². The topological polar surface area (TPSA) is 164 Å². The maximum atomic E-state index is 14.2. The summed E-state index contributed by atoms with van der Waals surface area (Å²) in [4.78, 5) is 70.5. The summed E-state index contributed by atoms with van der Waals surface area (Å²) in [5.41, 5.74) is 0.817. The zero-order chi connectivity index (χ0) is 38.1. The molecule has 6 rings (SSSR count). The molecule has 2 aliphatic heterocycles. The number of amides is 5. The van der Waals surface area contributed by atoms with Crippen molar-refractivity contribution < 1.29 is 38.2 Å². The third-order valence-electron chi connectivity index (χ3n) is 10.1. The summed E-state index contributed by atoms with van der Waals surface area (Å²) < 4.78 is 16.7. The van der Waals surface area contributed by atoms with E-state index in [2.05, 4.69) is 35.1 Å². The van der Waals surface area contributed by atoms with Gasteiger partial charge in [-0.1, -0.05) is 38.1 Å². The highest BCUT2D eigenvalue weighted by Gasteiger charge is 2.50. The van der Waals surface area contributed by atoms with Gasteiger partial charge in [0.2, 0.25) is 29.5 Å². The summed E-state index contributed by atoms with van der Waals surface area (Å²) in [6, 6.07) is 11.0. The lowest BCUT2D eigenvalue weighted by Gasteiger charge is -2.29. The first-order valence-corrected chi connectivity index (χ1v) is 18.7. The van der Waals surface area contributed by atoms with Gasteiger partial charge in [-0.3, -0.25) is 24.0 Å². The van der Waals surface area contributed by atoms with Crippen LogP contribution in [0.3, 0.4) is 0 Å². The standard InChI is InChI=1S/C40H55N5O8/c1-25(2)18-30-23-53-32-14-10-28(11-15-32)20-34(44-39(50)40(16-17-40)24-51-4)37(48)43-33(19-27-8-12-31(52-5)13-9-27)36(47)41-26(3)38(49)45(21-29-6-7-29)22-35(46)42-30/h8-15,25-26,29-30,33-34H,6-7,16-24H2,1-5H3,(H,41,47)(H,42,46)(H,43,48)(H,44,50)/t26-,30+,33+,34+/m1/s1. The third-order valence-corrected chi connectivity index (χ3v) is 10.1. The molecule has 0 saturated heterocycles. The molecule has 13 nitrogen and oxygen atoms in total. The van der Waals surface area contributed by atoms with Gasteiger partial charge in [0.15, 0.2) is 0 Å². The summed E-state index contributed by atoms with van der Waals surface area (Å²) in [6.45, 7) is 6.44. The smallest absolute Gasteiger partial charge is 0.245 e. The van der Waals surface area contributed by atoms with Crippen LogP contribution in [-0.2, 0) is 41.6 Å². The van der Waals surface area contributed by atoms with E-state index >= 15 is 0 Å². The summed E-state index contributed by atoms with van der Waals surface area (Å²) in [6.07, 6.45) is 4.16. The Morgan fingerprint density at radius 3 is 2.26 bits per heavy atom. The molecule has 2 saturated carbocycles. The Kier molecular flexibility index (Phi) is 13.4. The predicted molar refractivity (Wildman–Crippen MR) is 198 cm³/mol. The maximum Gasteiger partial charge on any atom is 0.245 e. The number of methoxy groups -OCH3 is 2. The van der Waals surface area contributed by atoms with Crippen LogP contribution in [-0.4, -0.2) is 99.1 Å². The van der Waals surface area contributed by atoms with E-state index in [1.807, 2.05) is 12.1 Å². The van der Waals surface area contributed by atoms with Crippen molar-refractivity contribution in [2.75, 3.05) is 40.5 Å². The van der Waals surface area contributed by atoms with E-state index in [1.54, 1.807) is 57.5 Å². The third kappa shape index (κ3) is 11.4. The molecule has 5 amide bonds. The Balaban J connectivity index is 1.46. The molecule has 2 aliphatic carbocycles. The van der Waals surface area contributed by atoms with Crippen LogP contribution in [0.2, 0.25) is 0 Å². The van der Waals surface area contributed by atoms with Crippen molar-refractivity contribution in [2.24, 2.45) is 17.3 Å². The van der Waals surface area contributed by atoms with Crippen molar-refractivity contribution in [3.8, 4) is 11.5 Å². The molecule has 0 unspecified atom stereocenters. The highest BCUT2D eigenvalue weighted by atomic mass is 16.5. The number of carbonyl (C=O) groups is 5. The number of hydrogen-bond acceptors (Lipinski definition) is 8. The van der Waals surface area contributed by atoms with E-state index in [9.17, 15) is 24.0 Å². The molecule has 2 bridgehead atoms. The minimum Gasteiger partial charge on any atom is -0.497 e. The maximum absolute atomic E-state index is 14.2. The highest BCUT2D eigenvalue weighted by Crippen LogP contribution is 2.46. The number of fused-ring (bicyclic) bond motifs is 17. The Morgan fingerprint density at radius 2 is 1.66 bits per heavy atom. The molecule has 13 heteroatoms. The minimum absolute atomic E-state index is 0.105. The lowest BCUT2D eigenvalue weighted by Crippen LogP contribution is -2.58. The van der Waals surface area contributed by atoms with Crippen LogP contribution in [0.4, 0.5) is 0 Å². The SMILES string of the molecule is COCC1(C(=O)N[C@H]2Cc3ccc(cc3)OC[C@H](CC(C)C)NC(=O)CN(CC3CC3)C(=O)[C@@H](C)NC(=O)[C@H](Cc3ccc(OC)cc3)NC2=O)CC1. The minimum atomic E-state index is -1.10. The van der Waals surface area contributed by atoms with Crippen LogP contribution in [0, 0.1) is 17.3 Å². The first-order chi connectivity index (χ1) is 25.4. The van der Waals surface area contributed by atoms with E-state index < -0.39 is 41.3 Å².